The number of aliphatic carboxylic acids is 1. The molecule has 1 aromatic rings. The fraction of sp³-hybridized carbons (Fsp3) is 0.562. The molecule has 6 nitrogen and oxygen atoms in total. The van der Waals surface area contributed by atoms with Crippen molar-refractivity contribution in [3.8, 4) is 0 Å². The van der Waals surface area contributed by atoms with Gasteiger partial charge in [0.05, 0.1) is 18.9 Å². The van der Waals surface area contributed by atoms with Crippen LogP contribution >= 0.6 is 11.3 Å². The Morgan fingerprint density at radius 2 is 2.00 bits per heavy atom. The third-order valence-electron chi connectivity index (χ3n) is 3.87. The lowest BCUT2D eigenvalue weighted by atomic mass is 9.85. The van der Waals surface area contributed by atoms with Gasteiger partial charge in [0.2, 0.25) is 11.8 Å². The summed E-state index contributed by atoms with van der Waals surface area (Å²) in [5.41, 5.74) is -0.834. The minimum absolute atomic E-state index is 0.0384. The molecule has 1 aromatic heterocycles. The van der Waals surface area contributed by atoms with Crippen LogP contribution in [0.2, 0.25) is 0 Å². The molecule has 0 fully saturated rings. The van der Waals surface area contributed by atoms with Crippen LogP contribution in [-0.2, 0) is 14.4 Å². The molecule has 0 spiro atoms. The molecule has 2 unspecified atom stereocenters. The molecule has 3 N–H and O–H groups in total. The summed E-state index contributed by atoms with van der Waals surface area (Å²) >= 11 is 1.46. The number of rotatable bonds is 8. The lowest BCUT2D eigenvalue weighted by molar-refractivity contribution is -0.139. The fourth-order valence-corrected chi connectivity index (χ4v) is 3.00. The van der Waals surface area contributed by atoms with E-state index in [0.29, 0.717) is 0 Å². The third-order valence-corrected chi connectivity index (χ3v) is 4.86. The van der Waals surface area contributed by atoms with Crippen LogP contribution < -0.4 is 10.6 Å². The van der Waals surface area contributed by atoms with E-state index in [1.807, 2.05) is 31.4 Å². The van der Waals surface area contributed by atoms with Crippen molar-refractivity contribution in [1.82, 2.24) is 10.6 Å². The smallest absolute Gasteiger partial charge is 0.305 e. The largest absolute Gasteiger partial charge is 0.481 e. The van der Waals surface area contributed by atoms with Crippen LogP contribution in [0.1, 0.15) is 51.5 Å². The molecule has 0 aliphatic heterocycles. The molecule has 0 aliphatic rings. The van der Waals surface area contributed by atoms with E-state index < -0.39 is 17.6 Å². The SMILES string of the molecule is CC(=O)NC(CC(=O)NC(C)(CC(=O)O)C(C)C)c1cccs1. The maximum absolute atomic E-state index is 12.4. The van der Waals surface area contributed by atoms with Gasteiger partial charge < -0.3 is 15.7 Å². The van der Waals surface area contributed by atoms with Gasteiger partial charge in [-0.05, 0) is 24.3 Å². The van der Waals surface area contributed by atoms with Gasteiger partial charge in [-0.2, -0.15) is 0 Å². The average molecular weight is 340 g/mol. The van der Waals surface area contributed by atoms with Gasteiger partial charge >= 0.3 is 5.97 Å². The third kappa shape index (κ3) is 6.02. The molecule has 128 valence electrons. The lowest BCUT2D eigenvalue weighted by Crippen LogP contribution is -2.52. The van der Waals surface area contributed by atoms with Crippen LogP contribution in [0.3, 0.4) is 0 Å². The van der Waals surface area contributed by atoms with Gasteiger partial charge in [-0.25, -0.2) is 0 Å². The summed E-state index contributed by atoms with van der Waals surface area (Å²) in [7, 11) is 0. The van der Waals surface area contributed by atoms with Gasteiger partial charge in [0.15, 0.2) is 0 Å². The Kier molecular flexibility index (Phi) is 6.75. The number of carboxylic acids is 1. The van der Waals surface area contributed by atoms with Crippen molar-refractivity contribution in [1.29, 1.82) is 0 Å². The summed E-state index contributed by atoms with van der Waals surface area (Å²) < 4.78 is 0. The number of hydrogen-bond donors (Lipinski definition) is 3. The van der Waals surface area contributed by atoms with Gasteiger partial charge in [-0.1, -0.05) is 19.9 Å². The number of thiophene rings is 1. The maximum atomic E-state index is 12.4. The normalized spacial score (nSPS) is 14.8. The summed E-state index contributed by atoms with van der Waals surface area (Å²) in [5.74, 6) is -1.50. The van der Waals surface area contributed by atoms with Crippen molar-refractivity contribution < 1.29 is 19.5 Å². The van der Waals surface area contributed by atoms with E-state index in [0.717, 1.165) is 4.88 Å². The van der Waals surface area contributed by atoms with E-state index in [2.05, 4.69) is 10.6 Å². The predicted octanol–water partition coefficient (Wildman–Crippen LogP) is 2.32. The van der Waals surface area contributed by atoms with Gasteiger partial charge in [-0.15, -0.1) is 11.3 Å². The zero-order chi connectivity index (χ0) is 17.6. The molecule has 0 radical (unpaired) electrons. The Hall–Kier alpha value is -1.89. The van der Waals surface area contributed by atoms with Crippen molar-refractivity contribution in [2.75, 3.05) is 0 Å². The first-order valence-electron chi connectivity index (χ1n) is 7.47. The first-order valence-corrected chi connectivity index (χ1v) is 8.35. The maximum Gasteiger partial charge on any atom is 0.305 e. The monoisotopic (exact) mass is 340 g/mol. The Labute approximate surface area is 140 Å². The Bertz CT molecular complexity index is 556. The van der Waals surface area contributed by atoms with E-state index in [9.17, 15) is 14.4 Å². The van der Waals surface area contributed by atoms with E-state index in [1.165, 1.54) is 18.3 Å². The van der Waals surface area contributed by atoms with Crippen molar-refractivity contribution in [2.45, 2.75) is 52.1 Å². The van der Waals surface area contributed by atoms with E-state index in [4.69, 9.17) is 5.11 Å². The van der Waals surface area contributed by atoms with Crippen LogP contribution in [0.5, 0.6) is 0 Å². The zero-order valence-electron chi connectivity index (χ0n) is 13.9. The molecule has 1 heterocycles. The fourth-order valence-electron chi connectivity index (χ4n) is 2.22. The zero-order valence-corrected chi connectivity index (χ0v) is 14.7. The minimum Gasteiger partial charge on any atom is -0.481 e. The van der Waals surface area contributed by atoms with Crippen LogP contribution in [0.4, 0.5) is 0 Å². The predicted molar refractivity (Wildman–Crippen MR) is 89.1 cm³/mol. The highest BCUT2D eigenvalue weighted by atomic mass is 32.1. The molecule has 1 rings (SSSR count). The number of hydrogen-bond acceptors (Lipinski definition) is 4. The average Bonchev–Trinajstić information content (AvgIpc) is 2.89. The van der Waals surface area contributed by atoms with E-state index >= 15 is 0 Å². The van der Waals surface area contributed by atoms with Crippen LogP contribution in [0.15, 0.2) is 17.5 Å². The first kappa shape index (κ1) is 19.2. The lowest BCUT2D eigenvalue weighted by Gasteiger charge is -2.34. The number of carbonyl (C=O) groups is 3. The standard InChI is InChI=1S/C16H24N2O4S/c1-10(2)16(4,9-15(21)22)18-14(20)8-12(17-11(3)19)13-6-5-7-23-13/h5-7,10,12H,8-9H2,1-4H3,(H,17,19)(H,18,20)(H,21,22). The quantitative estimate of drug-likeness (QED) is 0.677. The molecule has 23 heavy (non-hydrogen) atoms. The molecule has 7 heteroatoms. The van der Waals surface area contributed by atoms with Gasteiger partial charge in [-0.3, -0.25) is 14.4 Å². The minimum atomic E-state index is -0.960. The second kappa shape index (κ2) is 8.10. The van der Waals surface area contributed by atoms with Gasteiger partial charge in [0.25, 0.3) is 0 Å². The van der Waals surface area contributed by atoms with Crippen LogP contribution in [0.25, 0.3) is 0 Å². The molecular weight excluding hydrogens is 316 g/mol. The Morgan fingerprint density at radius 3 is 2.43 bits per heavy atom. The van der Waals surface area contributed by atoms with Crippen LogP contribution in [-0.4, -0.2) is 28.4 Å². The second-order valence-electron chi connectivity index (χ2n) is 6.16. The van der Waals surface area contributed by atoms with Crippen molar-refractivity contribution in [3.63, 3.8) is 0 Å². The molecular formula is C16H24N2O4S. The summed E-state index contributed by atoms with van der Waals surface area (Å²) in [6.45, 7) is 6.87. The highest BCUT2D eigenvalue weighted by molar-refractivity contribution is 7.10. The number of nitrogens with one attached hydrogen (secondary N) is 2. The highest BCUT2D eigenvalue weighted by Gasteiger charge is 2.33. The summed E-state index contributed by atoms with van der Waals surface area (Å²) in [5, 5.41) is 16.5. The number of carboxylic acid groups (broad SMARTS) is 1. The molecule has 0 saturated carbocycles. The van der Waals surface area contributed by atoms with E-state index in [-0.39, 0.29) is 30.6 Å². The van der Waals surface area contributed by atoms with Crippen molar-refractivity contribution in [3.05, 3.63) is 22.4 Å². The van der Waals surface area contributed by atoms with Gasteiger partial charge in [0, 0.05) is 17.3 Å². The first-order chi connectivity index (χ1) is 10.6. The van der Waals surface area contributed by atoms with Crippen LogP contribution in [0, 0.1) is 5.92 Å². The van der Waals surface area contributed by atoms with Crippen molar-refractivity contribution in [2.24, 2.45) is 5.92 Å². The number of carbonyl (C=O) groups excluding carboxylic acids is 2. The van der Waals surface area contributed by atoms with Crippen molar-refractivity contribution >= 4 is 29.1 Å². The Balaban J connectivity index is 2.81. The molecule has 0 saturated heterocycles. The highest BCUT2D eigenvalue weighted by Crippen LogP contribution is 2.25. The summed E-state index contributed by atoms with van der Waals surface area (Å²) in [6.07, 6.45) is -0.0811. The molecule has 2 atom stereocenters. The topological polar surface area (TPSA) is 95.5 Å². The van der Waals surface area contributed by atoms with E-state index in [1.54, 1.807) is 6.92 Å². The second-order valence-corrected chi connectivity index (χ2v) is 7.14. The molecule has 0 aromatic carbocycles. The van der Waals surface area contributed by atoms with Gasteiger partial charge in [0.1, 0.15) is 0 Å². The molecule has 2 amide bonds. The summed E-state index contributed by atoms with van der Waals surface area (Å²) in [4.78, 5) is 35.7. The molecule has 0 bridgehead atoms. The number of amides is 2. The molecule has 0 aliphatic carbocycles. The Morgan fingerprint density at radius 1 is 1.35 bits per heavy atom. The summed E-state index contributed by atoms with van der Waals surface area (Å²) in [6, 6.07) is 3.31.